The summed E-state index contributed by atoms with van der Waals surface area (Å²) in [4.78, 5) is 2.24. The minimum Gasteiger partial charge on any atom is -0.389 e. The van der Waals surface area contributed by atoms with Crippen LogP contribution in [0.25, 0.3) is 0 Å². The van der Waals surface area contributed by atoms with E-state index in [9.17, 15) is 5.11 Å². The Kier molecular flexibility index (Phi) is 4.96. The lowest BCUT2D eigenvalue weighted by molar-refractivity contribution is 0.0353. The van der Waals surface area contributed by atoms with E-state index in [0.717, 1.165) is 17.6 Å². The van der Waals surface area contributed by atoms with Gasteiger partial charge in [0, 0.05) is 17.6 Å². The fraction of sp³-hybridized carbons (Fsp3) is 0.538. The molecule has 0 saturated heterocycles. The van der Waals surface area contributed by atoms with Crippen LogP contribution in [0.5, 0.6) is 0 Å². The van der Waals surface area contributed by atoms with Gasteiger partial charge in [-0.05, 0) is 38.1 Å². The molecule has 1 N–H and O–H groups in total. The lowest BCUT2D eigenvalue weighted by Crippen LogP contribution is -2.38. The molecule has 0 aliphatic carbocycles. The molecule has 3 heteroatoms. The Labute approximate surface area is 106 Å². The predicted octanol–water partition coefficient (Wildman–Crippen LogP) is 3.04. The van der Waals surface area contributed by atoms with Gasteiger partial charge in [-0.1, -0.05) is 35.0 Å². The molecule has 0 aliphatic rings. The van der Waals surface area contributed by atoms with Crippen LogP contribution in [0.2, 0.25) is 0 Å². The van der Waals surface area contributed by atoms with Gasteiger partial charge in [0.05, 0.1) is 5.60 Å². The van der Waals surface area contributed by atoms with Crippen LogP contribution in [0.4, 0.5) is 0 Å². The Morgan fingerprint density at radius 2 is 1.81 bits per heavy atom. The maximum atomic E-state index is 9.79. The Bertz CT molecular complexity index is 316. The maximum Gasteiger partial charge on any atom is 0.0718 e. The summed E-state index contributed by atoms with van der Waals surface area (Å²) in [6, 6.07) is 8.31. The van der Waals surface area contributed by atoms with E-state index in [-0.39, 0.29) is 0 Å². The van der Waals surface area contributed by atoms with Crippen LogP contribution in [0.3, 0.4) is 0 Å². The molecule has 90 valence electrons. The molecule has 0 aromatic heterocycles. The normalized spacial score (nSPS) is 12.1. The summed E-state index contributed by atoms with van der Waals surface area (Å²) in [6.45, 7) is 8.33. The number of hydrogen-bond acceptors (Lipinski definition) is 2. The molecule has 0 amide bonds. The number of nitrogens with zero attached hydrogens (tertiary/aromatic N) is 1. The highest BCUT2D eigenvalue weighted by Crippen LogP contribution is 2.13. The standard InChI is InChI=1S/C13H20BrNO/c1-4-15(10-13(2,3)16)9-11-5-7-12(14)8-6-11/h5-8,16H,4,9-10H2,1-3H3. The quantitative estimate of drug-likeness (QED) is 0.899. The second-order valence-corrected chi connectivity index (χ2v) is 5.66. The van der Waals surface area contributed by atoms with Crippen molar-refractivity contribution in [3.05, 3.63) is 34.3 Å². The zero-order chi connectivity index (χ0) is 12.2. The Hall–Kier alpha value is -0.380. The summed E-state index contributed by atoms with van der Waals surface area (Å²) in [5, 5.41) is 9.79. The molecular weight excluding hydrogens is 266 g/mol. The predicted molar refractivity (Wildman–Crippen MR) is 71.4 cm³/mol. The zero-order valence-electron chi connectivity index (χ0n) is 10.2. The van der Waals surface area contributed by atoms with Crippen LogP contribution in [0.15, 0.2) is 28.7 Å². The molecule has 0 spiro atoms. The van der Waals surface area contributed by atoms with E-state index in [4.69, 9.17) is 0 Å². The van der Waals surface area contributed by atoms with Crippen molar-refractivity contribution in [1.29, 1.82) is 0 Å². The second kappa shape index (κ2) is 5.80. The summed E-state index contributed by atoms with van der Waals surface area (Å²) in [6.07, 6.45) is 0. The summed E-state index contributed by atoms with van der Waals surface area (Å²) in [5.74, 6) is 0. The van der Waals surface area contributed by atoms with Crippen molar-refractivity contribution in [2.45, 2.75) is 32.9 Å². The SMILES string of the molecule is CCN(Cc1ccc(Br)cc1)CC(C)(C)O. The van der Waals surface area contributed by atoms with Gasteiger partial charge in [-0.25, -0.2) is 0 Å². The number of rotatable bonds is 5. The number of halogens is 1. The van der Waals surface area contributed by atoms with Crippen molar-refractivity contribution in [1.82, 2.24) is 4.90 Å². The highest BCUT2D eigenvalue weighted by atomic mass is 79.9. The van der Waals surface area contributed by atoms with Crippen LogP contribution in [-0.2, 0) is 6.54 Å². The van der Waals surface area contributed by atoms with Gasteiger partial charge in [-0.3, -0.25) is 4.90 Å². The summed E-state index contributed by atoms with van der Waals surface area (Å²) < 4.78 is 1.10. The fourth-order valence-electron chi connectivity index (χ4n) is 1.67. The van der Waals surface area contributed by atoms with Gasteiger partial charge < -0.3 is 5.11 Å². The topological polar surface area (TPSA) is 23.5 Å². The van der Waals surface area contributed by atoms with Gasteiger partial charge >= 0.3 is 0 Å². The van der Waals surface area contributed by atoms with Gasteiger partial charge in [0.1, 0.15) is 0 Å². The molecule has 0 atom stereocenters. The Morgan fingerprint density at radius 1 is 1.25 bits per heavy atom. The molecule has 1 aromatic carbocycles. The van der Waals surface area contributed by atoms with E-state index >= 15 is 0 Å². The average molecular weight is 286 g/mol. The number of aliphatic hydroxyl groups is 1. The van der Waals surface area contributed by atoms with E-state index in [0.29, 0.717) is 6.54 Å². The van der Waals surface area contributed by atoms with Crippen LogP contribution in [0, 0.1) is 0 Å². The molecule has 1 rings (SSSR count). The average Bonchev–Trinajstić information content (AvgIpc) is 2.18. The van der Waals surface area contributed by atoms with Gasteiger partial charge in [0.2, 0.25) is 0 Å². The third-order valence-electron chi connectivity index (χ3n) is 2.38. The highest BCUT2D eigenvalue weighted by molar-refractivity contribution is 9.10. The summed E-state index contributed by atoms with van der Waals surface area (Å²) in [7, 11) is 0. The molecule has 2 nitrogen and oxygen atoms in total. The van der Waals surface area contributed by atoms with E-state index in [1.165, 1.54) is 5.56 Å². The summed E-state index contributed by atoms with van der Waals surface area (Å²) in [5.41, 5.74) is 0.639. The molecule has 16 heavy (non-hydrogen) atoms. The van der Waals surface area contributed by atoms with E-state index in [2.05, 4.69) is 39.9 Å². The molecule has 0 aliphatic heterocycles. The van der Waals surface area contributed by atoms with Crippen molar-refractivity contribution in [3.8, 4) is 0 Å². The van der Waals surface area contributed by atoms with Crippen LogP contribution >= 0.6 is 15.9 Å². The Morgan fingerprint density at radius 3 is 2.25 bits per heavy atom. The third kappa shape index (κ3) is 5.10. The monoisotopic (exact) mass is 285 g/mol. The van der Waals surface area contributed by atoms with Crippen molar-refractivity contribution < 1.29 is 5.11 Å². The first kappa shape index (κ1) is 13.7. The van der Waals surface area contributed by atoms with Crippen LogP contribution in [-0.4, -0.2) is 28.7 Å². The molecular formula is C13H20BrNO. The van der Waals surface area contributed by atoms with E-state index in [1.54, 1.807) is 0 Å². The smallest absolute Gasteiger partial charge is 0.0718 e. The maximum absolute atomic E-state index is 9.79. The molecule has 0 radical (unpaired) electrons. The van der Waals surface area contributed by atoms with Gasteiger partial charge in [0.15, 0.2) is 0 Å². The zero-order valence-corrected chi connectivity index (χ0v) is 11.8. The first-order chi connectivity index (χ1) is 7.40. The fourth-order valence-corrected chi connectivity index (χ4v) is 1.94. The first-order valence-corrected chi connectivity index (χ1v) is 6.39. The summed E-state index contributed by atoms with van der Waals surface area (Å²) >= 11 is 3.42. The number of benzene rings is 1. The van der Waals surface area contributed by atoms with Crippen LogP contribution < -0.4 is 0 Å². The number of likely N-dealkylation sites (N-methyl/N-ethyl adjacent to an activating group) is 1. The molecule has 0 bridgehead atoms. The molecule has 0 unspecified atom stereocenters. The van der Waals surface area contributed by atoms with E-state index < -0.39 is 5.60 Å². The number of hydrogen-bond donors (Lipinski definition) is 1. The molecule has 1 aromatic rings. The van der Waals surface area contributed by atoms with E-state index in [1.807, 2.05) is 26.0 Å². The van der Waals surface area contributed by atoms with Gasteiger partial charge in [0.25, 0.3) is 0 Å². The largest absolute Gasteiger partial charge is 0.389 e. The molecule has 0 fully saturated rings. The minimum atomic E-state index is -0.634. The molecule has 0 heterocycles. The first-order valence-electron chi connectivity index (χ1n) is 5.60. The lowest BCUT2D eigenvalue weighted by Gasteiger charge is -2.27. The van der Waals surface area contributed by atoms with Crippen molar-refractivity contribution in [2.24, 2.45) is 0 Å². The van der Waals surface area contributed by atoms with Crippen molar-refractivity contribution in [3.63, 3.8) is 0 Å². The van der Waals surface area contributed by atoms with Crippen molar-refractivity contribution in [2.75, 3.05) is 13.1 Å². The second-order valence-electron chi connectivity index (χ2n) is 4.74. The van der Waals surface area contributed by atoms with Gasteiger partial charge in [-0.15, -0.1) is 0 Å². The lowest BCUT2D eigenvalue weighted by atomic mass is 10.1. The van der Waals surface area contributed by atoms with Gasteiger partial charge in [-0.2, -0.15) is 0 Å². The van der Waals surface area contributed by atoms with Crippen LogP contribution in [0.1, 0.15) is 26.3 Å². The molecule has 0 saturated carbocycles. The highest BCUT2D eigenvalue weighted by Gasteiger charge is 2.17. The minimum absolute atomic E-state index is 0.634. The van der Waals surface area contributed by atoms with Crippen molar-refractivity contribution >= 4 is 15.9 Å². The Balaban J connectivity index is 2.60. The third-order valence-corrected chi connectivity index (χ3v) is 2.91.